The molecule has 2 aromatic rings. The topological polar surface area (TPSA) is 26.0 Å². The summed E-state index contributed by atoms with van der Waals surface area (Å²) >= 11 is 1.66. The summed E-state index contributed by atoms with van der Waals surface area (Å²) in [4.78, 5) is 4.53. The molecule has 14 heavy (non-hydrogen) atoms. The van der Waals surface area contributed by atoms with Gasteiger partial charge >= 0.3 is 0 Å². The lowest BCUT2D eigenvalue weighted by Crippen LogP contribution is -1.82. The van der Waals surface area contributed by atoms with Crippen LogP contribution in [-0.2, 0) is 6.42 Å². The highest BCUT2D eigenvalue weighted by molar-refractivity contribution is 7.13. The molecule has 3 heteroatoms. The van der Waals surface area contributed by atoms with Gasteiger partial charge in [0.1, 0.15) is 0 Å². The summed E-state index contributed by atoms with van der Waals surface area (Å²) in [6.45, 7) is 4.21. The maximum Gasteiger partial charge on any atom is 0.165 e. The SMILES string of the molecule is CCCc1csc(-c2occc2C)n1. The Kier molecular flexibility index (Phi) is 2.68. The molecule has 0 aliphatic heterocycles. The molecule has 0 spiro atoms. The fourth-order valence-electron chi connectivity index (χ4n) is 1.37. The number of nitrogens with zero attached hydrogens (tertiary/aromatic N) is 1. The van der Waals surface area contributed by atoms with Crippen LogP contribution in [0.2, 0.25) is 0 Å². The fourth-order valence-corrected chi connectivity index (χ4v) is 2.28. The minimum atomic E-state index is 0.914. The molecule has 2 nitrogen and oxygen atoms in total. The van der Waals surface area contributed by atoms with Crippen LogP contribution in [0.25, 0.3) is 10.8 Å². The summed E-state index contributed by atoms with van der Waals surface area (Å²) in [6.07, 6.45) is 3.90. The highest BCUT2D eigenvalue weighted by atomic mass is 32.1. The van der Waals surface area contributed by atoms with Gasteiger partial charge in [-0.15, -0.1) is 11.3 Å². The lowest BCUT2D eigenvalue weighted by atomic mass is 10.3. The van der Waals surface area contributed by atoms with Crippen LogP contribution in [0.1, 0.15) is 24.6 Å². The van der Waals surface area contributed by atoms with Gasteiger partial charge in [0.2, 0.25) is 0 Å². The predicted molar refractivity (Wildman–Crippen MR) is 58.5 cm³/mol. The molecule has 0 bridgehead atoms. The van der Waals surface area contributed by atoms with Crippen LogP contribution in [0.3, 0.4) is 0 Å². The minimum absolute atomic E-state index is 0.914. The zero-order valence-corrected chi connectivity index (χ0v) is 9.23. The molecular weight excluding hydrogens is 194 g/mol. The molecule has 0 fully saturated rings. The first-order valence-electron chi connectivity index (χ1n) is 4.80. The second kappa shape index (κ2) is 3.96. The Labute approximate surface area is 87.6 Å². The molecule has 0 aromatic carbocycles. The average Bonchev–Trinajstić information content (AvgIpc) is 2.74. The lowest BCUT2D eigenvalue weighted by molar-refractivity contribution is 0.580. The van der Waals surface area contributed by atoms with Crippen molar-refractivity contribution in [2.45, 2.75) is 26.7 Å². The lowest BCUT2D eigenvalue weighted by Gasteiger charge is -1.91. The molecule has 0 saturated heterocycles. The normalized spacial score (nSPS) is 10.7. The van der Waals surface area contributed by atoms with Gasteiger partial charge in [0.25, 0.3) is 0 Å². The summed E-state index contributed by atoms with van der Waals surface area (Å²) in [6, 6.07) is 1.97. The standard InChI is InChI=1S/C11H13NOS/c1-3-4-9-7-14-11(12-9)10-8(2)5-6-13-10/h5-7H,3-4H2,1-2H3. The molecule has 2 rings (SSSR count). The first-order chi connectivity index (χ1) is 6.81. The first-order valence-corrected chi connectivity index (χ1v) is 5.68. The number of aromatic nitrogens is 1. The van der Waals surface area contributed by atoms with E-state index in [9.17, 15) is 0 Å². The minimum Gasteiger partial charge on any atom is -0.462 e. The van der Waals surface area contributed by atoms with E-state index in [4.69, 9.17) is 4.42 Å². The Morgan fingerprint density at radius 3 is 3.00 bits per heavy atom. The molecule has 74 valence electrons. The van der Waals surface area contributed by atoms with Crippen LogP contribution in [0.15, 0.2) is 22.1 Å². The summed E-state index contributed by atoms with van der Waals surface area (Å²) < 4.78 is 5.39. The van der Waals surface area contributed by atoms with Crippen molar-refractivity contribution in [1.29, 1.82) is 0 Å². The van der Waals surface area contributed by atoms with Gasteiger partial charge in [-0.2, -0.15) is 0 Å². The number of thiazole rings is 1. The van der Waals surface area contributed by atoms with Crippen molar-refractivity contribution < 1.29 is 4.42 Å². The van der Waals surface area contributed by atoms with Crippen molar-refractivity contribution >= 4 is 11.3 Å². The molecule has 0 aliphatic carbocycles. The van der Waals surface area contributed by atoms with Crippen molar-refractivity contribution in [3.63, 3.8) is 0 Å². The Morgan fingerprint density at radius 2 is 2.36 bits per heavy atom. The smallest absolute Gasteiger partial charge is 0.165 e. The summed E-state index contributed by atoms with van der Waals surface area (Å²) in [5.41, 5.74) is 2.32. The molecule has 0 saturated carbocycles. The Hall–Kier alpha value is -1.09. The third kappa shape index (κ3) is 1.73. The van der Waals surface area contributed by atoms with Crippen LogP contribution in [0, 0.1) is 6.92 Å². The van der Waals surface area contributed by atoms with E-state index >= 15 is 0 Å². The van der Waals surface area contributed by atoms with Crippen LogP contribution < -0.4 is 0 Å². The van der Waals surface area contributed by atoms with E-state index in [-0.39, 0.29) is 0 Å². The van der Waals surface area contributed by atoms with E-state index < -0.39 is 0 Å². The van der Waals surface area contributed by atoms with Gasteiger partial charge in [0.05, 0.1) is 12.0 Å². The second-order valence-electron chi connectivity index (χ2n) is 3.33. The Bertz CT molecular complexity index is 416. The molecule has 0 radical (unpaired) electrons. The number of aryl methyl sites for hydroxylation is 2. The van der Waals surface area contributed by atoms with Gasteiger partial charge in [-0.25, -0.2) is 4.98 Å². The Balaban J connectivity index is 2.29. The van der Waals surface area contributed by atoms with Crippen LogP contribution >= 0.6 is 11.3 Å². The highest BCUT2D eigenvalue weighted by Gasteiger charge is 2.09. The summed E-state index contributed by atoms with van der Waals surface area (Å²) in [5, 5.41) is 3.11. The van der Waals surface area contributed by atoms with Gasteiger partial charge < -0.3 is 4.42 Å². The molecule has 0 aliphatic rings. The highest BCUT2D eigenvalue weighted by Crippen LogP contribution is 2.27. The van der Waals surface area contributed by atoms with Gasteiger partial charge in [0.15, 0.2) is 10.8 Å². The molecule has 0 atom stereocenters. The Morgan fingerprint density at radius 1 is 1.50 bits per heavy atom. The summed E-state index contributed by atoms with van der Waals surface area (Å²) in [5.74, 6) is 0.914. The quantitative estimate of drug-likeness (QED) is 0.767. The van der Waals surface area contributed by atoms with Crippen LogP contribution in [0.5, 0.6) is 0 Å². The molecule has 0 amide bonds. The number of furan rings is 1. The molecule has 0 unspecified atom stereocenters. The van der Waals surface area contributed by atoms with Crippen LogP contribution in [-0.4, -0.2) is 4.98 Å². The monoisotopic (exact) mass is 207 g/mol. The van der Waals surface area contributed by atoms with Crippen molar-refractivity contribution in [1.82, 2.24) is 4.98 Å². The van der Waals surface area contributed by atoms with E-state index in [1.165, 1.54) is 5.69 Å². The number of rotatable bonds is 3. The average molecular weight is 207 g/mol. The van der Waals surface area contributed by atoms with Crippen molar-refractivity contribution in [2.75, 3.05) is 0 Å². The molecule has 2 heterocycles. The van der Waals surface area contributed by atoms with E-state index in [1.807, 2.05) is 13.0 Å². The van der Waals surface area contributed by atoms with Crippen LogP contribution in [0.4, 0.5) is 0 Å². The molecule has 2 aromatic heterocycles. The fraction of sp³-hybridized carbons (Fsp3) is 0.364. The van der Waals surface area contributed by atoms with E-state index in [0.717, 1.165) is 29.2 Å². The first kappa shape index (κ1) is 9.46. The molecular formula is C11H13NOS. The zero-order valence-electron chi connectivity index (χ0n) is 8.41. The maximum absolute atomic E-state index is 5.39. The second-order valence-corrected chi connectivity index (χ2v) is 4.18. The summed E-state index contributed by atoms with van der Waals surface area (Å²) in [7, 11) is 0. The van der Waals surface area contributed by atoms with Gasteiger partial charge in [0, 0.05) is 5.38 Å². The van der Waals surface area contributed by atoms with Crippen molar-refractivity contribution in [3.8, 4) is 10.8 Å². The predicted octanol–water partition coefficient (Wildman–Crippen LogP) is 3.66. The zero-order chi connectivity index (χ0) is 9.97. The van der Waals surface area contributed by atoms with E-state index in [0.29, 0.717) is 0 Å². The molecule has 0 N–H and O–H groups in total. The number of hydrogen-bond acceptors (Lipinski definition) is 3. The van der Waals surface area contributed by atoms with E-state index in [2.05, 4.69) is 17.3 Å². The van der Waals surface area contributed by atoms with Crippen molar-refractivity contribution in [2.24, 2.45) is 0 Å². The third-order valence-corrected chi connectivity index (χ3v) is 3.00. The van der Waals surface area contributed by atoms with E-state index in [1.54, 1.807) is 17.6 Å². The van der Waals surface area contributed by atoms with Gasteiger partial charge in [-0.3, -0.25) is 0 Å². The van der Waals surface area contributed by atoms with Crippen molar-refractivity contribution in [3.05, 3.63) is 29.0 Å². The third-order valence-electron chi connectivity index (χ3n) is 2.11. The number of hydrogen-bond donors (Lipinski definition) is 0. The van der Waals surface area contributed by atoms with Gasteiger partial charge in [-0.05, 0) is 25.0 Å². The van der Waals surface area contributed by atoms with Gasteiger partial charge in [-0.1, -0.05) is 13.3 Å². The largest absolute Gasteiger partial charge is 0.462 e. The maximum atomic E-state index is 5.39.